The number of piperidine rings is 1. The number of hydrogen-bond donors (Lipinski definition) is 2. The number of anilines is 1. The molecular formula is C9H14N4O. The van der Waals surface area contributed by atoms with Crippen LogP contribution in [0.5, 0.6) is 5.88 Å². The number of nitrogens with zero attached hydrogens (tertiary/aromatic N) is 2. The highest BCUT2D eigenvalue weighted by molar-refractivity contribution is 5.30. The van der Waals surface area contributed by atoms with Crippen molar-refractivity contribution in [1.82, 2.24) is 15.3 Å². The van der Waals surface area contributed by atoms with Crippen LogP contribution in [-0.2, 0) is 0 Å². The Morgan fingerprint density at radius 2 is 2.43 bits per heavy atom. The lowest BCUT2D eigenvalue weighted by atomic mass is 10.1. The van der Waals surface area contributed by atoms with Gasteiger partial charge in [0.2, 0.25) is 5.88 Å². The van der Waals surface area contributed by atoms with E-state index in [9.17, 15) is 0 Å². The summed E-state index contributed by atoms with van der Waals surface area (Å²) < 4.78 is 5.64. The van der Waals surface area contributed by atoms with E-state index >= 15 is 0 Å². The zero-order valence-corrected chi connectivity index (χ0v) is 7.94. The van der Waals surface area contributed by atoms with Gasteiger partial charge < -0.3 is 15.8 Å². The van der Waals surface area contributed by atoms with Crippen molar-refractivity contribution in [2.45, 2.75) is 18.9 Å². The quantitative estimate of drug-likeness (QED) is 0.703. The smallest absolute Gasteiger partial charge is 0.218 e. The normalized spacial score (nSPS) is 21.9. The number of nitrogen functional groups attached to an aromatic ring is 1. The predicted molar refractivity (Wildman–Crippen MR) is 53.0 cm³/mol. The second kappa shape index (κ2) is 4.23. The van der Waals surface area contributed by atoms with Gasteiger partial charge in [0.05, 0.1) is 0 Å². The summed E-state index contributed by atoms with van der Waals surface area (Å²) in [4.78, 5) is 7.80. The van der Waals surface area contributed by atoms with Crippen LogP contribution in [0.25, 0.3) is 0 Å². The fourth-order valence-corrected chi connectivity index (χ4v) is 1.51. The van der Waals surface area contributed by atoms with E-state index in [1.54, 1.807) is 6.07 Å². The molecule has 0 unspecified atom stereocenters. The van der Waals surface area contributed by atoms with Crippen LogP contribution in [0.4, 0.5) is 5.82 Å². The van der Waals surface area contributed by atoms with E-state index in [4.69, 9.17) is 10.5 Å². The second-order valence-corrected chi connectivity index (χ2v) is 3.37. The zero-order valence-electron chi connectivity index (χ0n) is 7.94. The van der Waals surface area contributed by atoms with Crippen LogP contribution in [0, 0.1) is 0 Å². The molecule has 0 aromatic carbocycles. The summed E-state index contributed by atoms with van der Waals surface area (Å²) in [6, 6.07) is 1.65. The van der Waals surface area contributed by atoms with Crippen LogP contribution in [0.1, 0.15) is 12.8 Å². The first-order valence-electron chi connectivity index (χ1n) is 4.79. The van der Waals surface area contributed by atoms with Crippen molar-refractivity contribution >= 4 is 5.82 Å². The van der Waals surface area contributed by atoms with Gasteiger partial charge in [-0.25, -0.2) is 9.97 Å². The minimum absolute atomic E-state index is 0.207. The summed E-state index contributed by atoms with van der Waals surface area (Å²) in [7, 11) is 0. The van der Waals surface area contributed by atoms with Gasteiger partial charge in [0, 0.05) is 12.6 Å². The number of nitrogens with two attached hydrogens (primary N) is 1. The topological polar surface area (TPSA) is 73.1 Å². The Morgan fingerprint density at radius 1 is 1.50 bits per heavy atom. The summed E-state index contributed by atoms with van der Waals surface area (Å²) in [5.41, 5.74) is 5.52. The molecule has 1 aromatic rings. The van der Waals surface area contributed by atoms with Crippen molar-refractivity contribution in [1.29, 1.82) is 0 Å². The lowest BCUT2D eigenvalue weighted by molar-refractivity contribution is 0.160. The highest BCUT2D eigenvalue weighted by atomic mass is 16.5. The zero-order chi connectivity index (χ0) is 9.80. The molecule has 0 saturated carbocycles. The Bertz CT molecular complexity index is 299. The van der Waals surface area contributed by atoms with Crippen LogP contribution in [-0.4, -0.2) is 29.2 Å². The monoisotopic (exact) mass is 194 g/mol. The van der Waals surface area contributed by atoms with Gasteiger partial charge in [-0.3, -0.25) is 0 Å². The first-order chi connectivity index (χ1) is 6.84. The third-order valence-electron chi connectivity index (χ3n) is 2.20. The molecule has 1 aromatic heterocycles. The molecule has 0 spiro atoms. The van der Waals surface area contributed by atoms with Crippen molar-refractivity contribution in [3.8, 4) is 5.88 Å². The van der Waals surface area contributed by atoms with Gasteiger partial charge in [-0.15, -0.1) is 0 Å². The molecule has 3 N–H and O–H groups in total. The number of aromatic nitrogens is 2. The molecule has 0 amide bonds. The molecule has 1 saturated heterocycles. The third-order valence-corrected chi connectivity index (χ3v) is 2.20. The summed E-state index contributed by atoms with van der Waals surface area (Å²) in [5.74, 6) is 1.00. The standard InChI is InChI=1S/C9H14N4O/c10-8-4-9(13-6-12-8)14-7-2-1-3-11-5-7/h4,6-7,11H,1-3,5H2,(H2,10,12,13)/t7-/m0/s1. The van der Waals surface area contributed by atoms with Gasteiger partial charge in [-0.1, -0.05) is 0 Å². The number of nitrogens with one attached hydrogen (secondary N) is 1. The van der Waals surface area contributed by atoms with Crippen LogP contribution in [0.15, 0.2) is 12.4 Å². The molecule has 5 heteroatoms. The Labute approximate surface area is 82.7 Å². The van der Waals surface area contributed by atoms with Crippen molar-refractivity contribution in [3.63, 3.8) is 0 Å². The van der Waals surface area contributed by atoms with Crippen molar-refractivity contribution in [2.75, 3.05) is 18.8 Å². The number of hydrogen-bond acceptors (Lipinski definition) is 5. The maximum absolute atomic E-state index is 5.64. The summed E-state index contributed by atoms with van der Waals surface area (Å²) in [6.45, 7) is 1.95. The van der Waals surface area contributed by atoms with Crippen molar-refractivity contribution in [3.05, 3.63) is 12.4 Å². The SMILES string of the molecule is Nc1cc(O[C@H]2CCCNC2)ncn1. The lowest BCUT2D eigenvalue weighted by Crippen LogP contribution is -2.37. The molecule has 1 atom stereocenters. The fourth-order valence-electron chi connectivity index (χ4n) is 1.51. The van der Waals surface area contributed by atoms with Crippen molar-refractivity contribution in [2.24, 2.45) is 0 Å². The van der Waals surface area contributed by atoms with E-state index in [-0.39, 0.29) is 6.10 Å². The first kappa shape index (κ1) is 9.21. The molecule has 0 aliphatic carbocycles. The molecule has 76 valence electrons. The minimum atomic E-state index is 0.207. The Kier molecular flexibility index (Phi) is 2.78. The first-order valence-corrected chi connectivity index (χ1v) is 4.79. The van der Waals surface area contributed by atoms with Crippen LogP contribution >= 0.6 is 0 Å². The van der Waals surface area contributed by atoms with Gasteiger partial charge in [0.25, 0.3) is 0 Å². The summed E-state index contributed by atoms with van der Waals surface area (Å²) in [5, 5.41) is 3.27. The van der Waals surface area contributed by atoms with E-state index in [0.717, 1.165) is 25.9 Å². The van der Waals surface area contributed by atoms with Gasteiger partial charge in [0.1, 0.15) is 18.2 Å². The largest absolute Gasteiger partial charge is 0.473 e. The van der Waals surface area contributed by atoms with Gasteiger partial charge in [0.15, 0.2) is 0 Å². The maximum Gasteiger partial charge on any atom is 0.218 e. The van der Waals surface area contributed by atoms with E-state index in [0.29, 0.717) is 11.7 Å². The molecule has 2 heterocycles. The highest BCUT2D eigenvalue weighted by Gasteiger charge is 2.14. The van der Waals surface area contributed by atoms with E-state index in [2.05, 4.69) is 15.3 Å². The summed E-state index contributed by atoms with van der Waals surface area (Å²) in [6.07, 6.45) is 3.83. The van der Waals surface area contributed by atoms with Crippen LogP contribution < -0.4 is 15.8 Å². The Morgan fingerprint density at radius 3 is 3.14 bits per heavy atom. The predicted octanol–water partition coefficient (Wildman–Crippen LogP) is 0.190. The average Bonchev–Trinajstić information content (AvgIpc) is 2.19. The van der Waals surface area contributed by atoms with Crippen LogP contribution in [0.3, 0.4) is 0 Å². The van der Waals surface area contributed by atoms with Gasteiger partial charge in [-0.2, -0.15) is 0 Å². The molecule has 2 rings (SSSR count). The third kappa shape index (κ3) is 2.32. The molecule has 0 bridgehead atoms. The summed E-state index contributed by atoms with van der Waals surface area (Å²) >= 11 is 0. The molecule has 0 radical (unpaired) electrons. The van der Waals surface area contributed by atoms with E-state index < -0.39 is 0 Å². The highest BCUT2D eigenvalue weighted by Crippen LogP contribution is 2.13. The molecule has 1 aliphatic heterocycles. The van der Waals surface area contributed by atoms with Crippen LogP contribution in [0.2, 0.25) is 0 Å². The molecular weight excluding hydrogens is 180 g/mol. The van der Waals surface area contributed by atoms with E-state index in [1.165, 1.54) is 6.33 Å². The fraction of sp³-hybridized carbons (Fsp3) is 0.556. The minimum Gasteiger partial charge on any atom is -0.473 e. The molecule has 1 aliphatic rings. The average molecular weight is 194 g/mol. The molecule has 5 nitrogen and oxygen atoms in total. The second-order valence-electron chi connectivity index (χ2n) is 3.37. The van der Waals surface area contributed by atoms with E-state index in [1.807, 2.05) is 0 Å². The van der Waals surface area contributed by atoms with Gasteiger partial charge >= 0.3 is 0 Å². The molecule has 1 fully saturated rings. The lowest BCUT2D eigenvalue weighted by Gasteiger charge is -2.23. The molecule has 14 heavy (non-hydrogen) atoms. The van der Waals surface area contributed by atoms with Gasteiger partial charge in [-0.05, 0) is 19.4 Å². The maximum atomic E-state index is 5.64. The Balaban J connectivity index is 1.95. The number of ether oxygens (including phenoxy) is 1. The van der Waals surface area contributed by atoms with Crippen molar-refractivity contribution < 1.29 is 4.74 Å². The Hall–Kier alpha value is -1.36. The number of rotatable bonds is 2.